The van der Waals surface area contributed by atoms with E-state index in [-0.39, 0.29) is 5.56 Å². The van der Waals surface area contributed by atoms with Crippen LogP contribution in [0.3, 0.4) is 0 Å². The summed E-state index contributed by atoms with van der Waals surface area (Å²) in [5, 5.41) is 0. The van der Waals surface area contributed by atoms with Gasteiger partial charge >= 0.3 is 5.97 Å². The molecule has 0 saturated carbocycles. The molecule has 0 bridgehead atoms. The molecule has 0 amide bonds. The zero-order valence-corrected chi connectivity index (χ0v) is 11.5. The number of nitrogens with zero attached hydrogens (tertiary/aromatic N) is 1. The Labute approximate surface area is 113 Å². The minimum atomic E-state index is -0.561. The van der Waals surface area contributed by atoms with Gasteiger partial charge in [-0.05, 0) is 28.1 Å². The summed E-state index contributed by atoms with van der Waals surface area (Å²) in [6.07, 6.45) is 0. The zero-order chi connectivity index (χ0) is 13.1. The number of hydrogen-bond donors (Lipinski definition) is 0. The van der Waals surface area contributed by atoms with E-state index < -0.39 is 11.8 Å². The van der Waals surface area contributed by atoms with Crippen molar-refractivity contribution in [2.45, 2.75) is 0 Å². The summed E-state index contributed by atoms with van der Waals surface area (Å²) in [4.78, 5) is 13.3. The Hall–Kier alpha value is -1.14. The number of rotatable bonds is 2. The fraction of sp³-hybridized carbons (Fsp3) is 0.417. The average molecular weight is 318 g/mol. The topological polar surface area (TPSA) is 38.8 Å². The quantitative estimate of drug-likeness (QED) is 0.784. The van der Waals surface area contributed by atoms with Crippen molar-refractivity contribution in [3.63, 3.8) is 0 Å². The Morgan fingerprint density at radius 1 is 1.44 bits per heavy atom. The molecule has 0 aliphatic carbocycles. The molecule has 1 fully saturated rings. The first-order chi connectivity index (χ1) is 8.63. The van der Waals surface area contributed by atoms with Crippen LogP contribution < -0.4 is 4.90 Å². The van der Waals surface area contributed by atoms with Crippen molar-refractivity contribution in [1.82, 2.24) is 0 Å². The number of esters is 1. The monoisotopic (exact) mass is 317 g/mol. The predicted molar refractivity (Wildman–Crippen MR) is 68.5 cm³/mol. The lowest BCUT2D eigenvalue weighted by Gasteiger charge is -2.29. The maximum absolute atomic E-state index is 14.0. The second kappa shape index (κ2) is 5.67. The Kier molecular flexibility index (Phi) is 4.19. The van der Waals surface area contributed by atoms with Crippen LogP contribution >= 0.6 is 15.9 Å². The van der Waals surface area contributed by atoms with Crippen molar-refractivity contribution >= 4 is 27.6 Å². The van der Waals surface area contributed by atoms with Crippen LogP contribution in [0.2, 0.25) is 0 Å². The molecule has 1 aliphatic rings. The SMILES string of the molecule is COC(=O)c1cc(F)c(N2CCOCC2)cc1Br. The van der Waals surface area contributed by atoms with Gasteiger partial charge in [-0.15, -0.1) is 0 Å². The lowest BCUT2D eigenvalue weighted by atomic mass is 10.1. The minimum absolute atomic E-state index is 0.187. The van der Waals surface area contributed by atoms with Crippen LogP contribution in [0.15, 0.2) is 16.6 Å². The maximum atomic E-state index is 14.0. The summed E-state index contributed by atoms with van der Waals surface area (Å²) >= 11 is 3.26. The van der Waals surface area contributed by atoms with Gasteiger partial charge in [0.15, 0.2) is 0 Å². The van der Waals surface area contributed by atoms with Gasteiger partial charge in [0.2, 0.25) is 0 Å². The van der Waals surface area contributed by atoms with Crippen LogP contribution in [0.1, 0.15) is 10.4 Å². The highest BCUT2D eigenvalue weighted by atomic mass is 79.9. The Morgan fingerprint density at radius 2 is 2.11 bits per heavy atom. The third kappa shape index (κ3) is 2.64. The van der Waals surface area contributed by atoms with Crippen molar-refractivity contribution in [2.75, 3.05) is 38.3 Å². The van der Waals surface area contributed by atoms with E-state index in [0.29, 0.717) is 36.5 Å². The van der Waals surface area contributed by atoms with Crippen LogP contribution in [-0.2, 0) is 9.47 Å². The van der Waals surface area contributed by atoms with Crippen molar-refractivity contribution in [3.8, 4) is 0 Å². The summed E-state index contributed by atoms with van der Waals surface area (Å²) in [5.74, 6) is -0.991. The molecule has 0 spiro atoms. The van der Waals surface area contributed by atoms with Gasteiger partial charge in [-0.25, -0.2) is 9.18 Å². The fourth-order valence-electron chi connectivity index (χ4n) is 1.85. The molecular weight excluding hydrogens is 305 g/mol. The molecule has 1 aliphatic heterocycles. The van der Waals surface area contributed by atoms with Gasteiger partial charge in [0.05, 0.1) is 31.6 Å². The zero-order valence-electron chi connectivity index (χ0n) is 9.91. The predicted octanol–water partition coefficient (Wildman–Crippen LogP) is 2.21. The molecule has 98 valence electrons. The number of methoxy groups -OCH3 is 1. The van der Waals surface area contributed by atoms with E-state index in [1.807, 2.05) is 4.90 Å². The van der Waals surface area contributed by atoms with E-state index in [4.69, 9.17) is 4.74 Å². The maximum Gasteiger partial charge on any atom is 0.339 e. The molecule has 0 N–H and O–H groups in total. The van der Waals surface area contributed by atoms with E-state index in [1.54, 1.807) is 6.07 Å². The standard InChI is InChI=1S/C12H13BrFNO3/c1-17-12(16)8-6-10(14)11(7-9(8)13)15-2-4-18-5-3-15/h6-7H,2-5H2,1H3. The largest absolute Gasteiger partial charge is 0.465 e. The Balaban J connectivity index is 2.33. The second-order valence-corrected chi connectivity index (χ2v) is 4.73. The van der Waals surface area contributed by atoms with Crippen molar-refractivity contribution < 1.29 is 18.7 Å². The first-order valence-corrected chi connectivity index (χ1v) is 6.33. The van der Waals surface area contributed by atoms with Crippen LogP contribution in [-0.4, -0.2) is 39.4 Å². The van der Waals surface area contributed by atoms with E-state index in [0.717, 1.165) is 0 Å². The number of morpholine rings is 1. The first-order valence-electron chi connectivity index (χ1n) is 5.53. The minimum Gasteiger partial charge on any atom is -0.465 e. The van der Waals surface area contributed by atoms with E-state index in [2.05, 4.69) is 20.7 Å². The number of halogens is 2. The lowest BCUT2D eigenvalue weighted by molar-refractivity contribution is 0.0599. The summed E-state index contributed by atoms with van der Waals surface area (Å²) in [7, 11) is 1.27. The number of anilines is 1. The molecule has 0 radical (unpaired) electrons. The summed E-state index contributed by atoms with van der Waals surface area (Å²) in [5.41, 5.74) is 0.657. The molecule has 2 rings (SSSR count). The smallest absolute Gasteiger partial charge is 0.339 e. The van der Waals surface area contributed by atoms with Gasteiger partial charge < -0.3 is 14.4 Å². The van der Waals surface area contributed by atoms with Gasteiger partial charge in [0.25, 0.3) is 0 Å². The van der Waals surface area contributed by atoms with Crippen molar-refractivity contribution in [3.05, 3.63) is 28.0 Å². The van der Waals surface area contributed by atoms with Crippen LogP contribution in [0, 0.1) is 5.82 Å². The van der Waals surface area contributed by atoms with Gasteiger partial charge in [-0.1, -0.05) is 0 Å². The van der Waals surface area contributed by atoms with Crippen LogP contribution in [0.5, 0.6) is 0 Å². The molecule has 6 heteroatoms. The number of hydrogen-bond acceptors (Lipinski definition) is 4. The molecule has 0 atom stereocenters. The number of carbonyl (C=O) groups excluding carboxylic acids is 1. The third-order valence-electron chi connectivity index (χ3n) is 2.79. The average Bonchev–Trinajstić information content (AvgIpc) is 2.41. The molecule has 0 unspecified atom stereocenters. The van der Waals surface area contributed by atoms with Crippen molar-refractivity contribution in [2.24, 2.45) is 0 Å². The molecule has 1 aromatic carbocycles. The van der Waals surface area contributed by atoms with Gasteiger partial charge in [0, 0.05) is 17.6 Å². The highest BCUT2D eigenvalue weighted by molar-refractivity contribution is 9.10. The second-order valence-electron chi connectivity index (χ2n) is 3.87. The number of carbonyl (C=O) groups is 1. The molecule has 4 nitrogen and oxygen atoms in total. The summed E-state index contributed by atoms with van der Waals surface area (Å²) < 4.78 is 24.3. The number of ether oxygens (including phenoxy) is 2. The fourth-order valence-corrected chi connectivity index (χ4v) is 2.34. The molecule has 1 aromatic rings. The number of benzene rings is 1. The van der Waals surface area contributed by atoms with E-state index in [9.17, 15) is 9.18 Å². The lowest BCUT2D eigenvalue weighted by Crippen LogP contribution is -2.36. The molecule has 18 heavy (non-hydrogen) atoms. The Bertz CT molecular complexity index is 461. The Morgan fingerprint density at radius 3 is 2.72 bits per heavy atom. The molecule has 1 heterocycles. The third-order valence-corrected chi connectivity index (χ3v) is 3.45. The van der Waals surface area contributed by atoms with E-state index >= 15 is 0 Å². The van der Waals surface area contributed by atoms with Crippen molar-refractivity contribution in [1.29, 1.82) is 0 Å². The van der Waals surface area contributed by atoms with Gasteiger partial charge in [0.1, 0.15) is 5.82 Å². The summed E-state index contributed by atoms with van der Waals surface area (Å²) in [6.45, 7) is 2.44. The van der Waals surface area contributed by atoms with Crippen LogP contribution in [0.4, 0.5) is 10.1 Å². The molecule has 0 aromatic heterocycles. The first kappa shape index (κ1) is 13.3. The van der Waals surface area contributed by atoms with Crippen LogP contribution in [0.25, 0.3) is 0 Å². The summed E-state index contributed by atoms with van der Waals surface area (Å²) in [6, 6.07) is 2.80. The highest BCUT2D eigenvalue weighted by Crippen LogP contribution is 2.28. The molecular formula is C12H13BrFNO3. The van der Waals surface area contributed by atoms with E-state index in [1.165, 1.54) is 13.2 Å². The molecule has 1 saturated heterocycles. The normalized spacial score (nSPS) is 15.6. The van der Waals surface area contributed by atoms with Gasteiger partial charge in [-0.2, -0.15) is 0 Å². The highest BCUT2D eigenvalue weighted by Gasteiger charge is 2.19. The van der Waals surface area contributed by atoms with Gasteiger partial charge in [-0.3, -0.25) is 0 Å².